The summed E-state index contributed by atoms with van der Waals surface area (Å²) in [4.78, 5) is 33.1. The molecule has 0 saturated heterocycles. The Morgan fingerprint density at radius 1 is 1.31 bits per heavy atom. The molecule has 7 nitrogen and oxygen atoms in total. The molecule has 0 unspecified atom stereocenters. The van der Waals surface area contributed by atoms with Crippen LogP contribution in [0.1, 0.15) is 60.2 Å². The summed E-state index contributed by atoms with van der Waals surface area (Å²) in [7, 11) is 0. The Labute approximate surface area is 155 Å². The Balaban J connectivity index is 1.75. The first-order valence-electron chi connectivity index (χ1n) is 8.97. The second-order valence-corrected chi connectivity index (χ2v) is 7.55. The smallest absolute Gasteiger partial charge is 0.348 e. The number of nitrogens with one attached hydrogen (secondary N) is 1. The summed E-state index contributed by atoms with van der Waals surface area (Å²) in [5.41, 5.74) is 0.812. The lowest BCUT2D eigenvalue weighted by Crippen LogP contribution is -2.20. The quantitative estimate of drug-likeness (QED) is 0.559. The van der Waals surface area contributed by atoms with E-state index in [0.29, 0.717) is 23.7 Å². The molecule has 0 spiro atoms. The van der Waals surface area contributed by atoms with Crippen molar-refractivity contribution in [3.8, 4) is 0 Å². The number of aliphatic carboxylic acids is 1. The van der Waals surface area contributed by atoms with Gasteiger partial charge in [0.05, 0.1) is 5.39 Å². The number of hydrogen-bond donors (Lipinski definition) is 2. The lowest BCUT2D eigenvalue weighted by atomic mass is 9.98. The molecule has 1 aliphatic rings. The van der Waals surface area contributed by atoms with E-state index in [4.69, 9.17) is 9.84 Å². The number of carbonyl (C=O) groups is 2. The van der Waals surface area contributed by atoms with Gasteiger partial charge < -0.3 is 15.2 Å². The number of ether oxygens (including phenoxy) is 1. The largest absolute Gasteiger partial charge is 0.481 e. The maximum absolute atomic E-state index is 12.6. The van der Waals surface area contributed by atoms with E-state index in [1.807, 2.05) is 6.92 Å². The Morgan fingerprint density at radius 2 is 2.08 bits per heavy atom. The molecular formula is C18H23N3O4S. The van der Waals surface area contributed by atoms with Gasteiger partial charge in [-0.1, -0.05) is 6.42 Å². The highest BCUT2D eigenvalue weighted by Gasteiger charge is 2.24. The van der Waals surface area contributed by atoms with Gasteiger partial charge in [-0.2, -0.15) is 0 Å². The molecule has 0 bridgehead atoms. The summed E-state index contributed by atoms with van der Waals surface area (Å²) in [6, 6.07) is 0. The van der Waals surface area contributed by atoms with Crippen molar-refractivity contribution in [1.82, 2.24) is 9.97 Å². The second kappa shape index (κ2) is 8.44. The van der Waals surface area contributed by atoms with E-state index in [9.17, 15) is 9.59 Å². The molecule has 1 fully saturated rings. The summed E-state index contributed by atoms with van der Waals surface area (Å²) in [6.45, 7) is 2.37. The average Bonchev–Trinajstić information content (AvgIpc) is 2.97. The van der Waals surface area contributed by atoms with Crippen LogP contribution in [0, 0.1) is 6.92 Å². The van der Waals surface area contributed by atoms with Gasteiger partial charge in [0.2, 0.25) is 0 Å². The number of rotatable bonds is 7. The monoisotopic (exact) mass is 377 g/mol. The Bertz CT molecular complexity index is 799. The molecule has 3 rings (SSSR count). The number of hydrogen-bond acceptors (Lipinski definition) is 7. The first-order valence-corrected chi connectivity index (χ1v) is 9.78. The van der Waals surface area contributed by atoms with E-state index in [1.165, 1.54) is 24.1 Å². The molecule has 0 aromatic carbocycles. The van der Waals surface area contributed by atoms with E-state index >= 15 is 0 Å². The fourth-order valence-electron chi connectivity index (χ4n) is 3.23. The molecule has 0 aliphatic heterocycles. The van der Waals surface area contributed by atoms with Crippen molar-refractivity contribution in [2.45, 2.75) is 58.0 Å². The third-order valence-corrected chi connectivity index (χ3v) is 5.78. The second-order valence-electron chi connectivity index (χ2n) is 6.55. The fourth-order valence-corrected chi connectivity index (χ4v) is 4.27. The first-order chi connectivity index (χ1) is 12.6. The minimum Gasteiger partial charge on any atom is -0.481 e. The van der Waals surface area contributed by atoms with Gasteiger partial charge in [0, 0.05) is 13.0 Å². The van der Waals surface area contributed by atoms with E-state index in [1.54, 1.807) is 0 Å². The fraction of sp³-hybridized carbons (Fsp3) is 0.556. The molecular weight excluding hydrogens is 354 g/mol. The Kier molecular flexibility index (Phi) is 6.03. The molecule has 1 aliphatic carbocycles. The standard InChI is InChI=1S/C18H23N3O4S/c1-11-14-16(19-9-5-8-13(22)23)20-10-21-17(14)26-15(11)18(24)25-12-6-3-2-4-7-12/h10,12H,2-9H2,1H3,(H,22,23)(H,19,20,21). The molecule has 2 heterocycles. The van der Waals surface area contributed by atoms with Crippen LogP contribution < -0.4 is 5.32 Å². The van der Waals surface area contributed by atoms with Gasteiger partial charge in [-0.3, -0.25) is 4.79 Å². The van der Waals surface area contributed by atoms with Crippen molar-refractivity contribution in [3.05, 3.63) is 16.8 Å². The molecule has 2 aromatic heterocycles. The van der Waals surface area contributed by atoms with Crippen LogP contribution in [0.5, 0.6) is 0 Å². The van der Waals surface area contributed by atoms with Gasteiger partial charge >= 0.3 is 11.9 Å². The van der Waals surface area contributed by atoms with Crippen molar-refractivity contribution >= 4 is 39.3 Å². The molecule has 1 saturated carbocycles. The summed E-state index contributed by atoms with van der Waals surface area (Å²) in [5, 5.41) is 12.7. The van der Waals surface area contributed by atoms with Gasteiger partial charge in [0.25, 0.3) is 0 Å². The van der Waals surface area contributed by atoms with Gasteiger partial charge in [-0.25, -0.2) is 14.8 Å². The third-order valence-electron chi connectivity index (χ3n) is 4.60. The van der Waals surface area contributed by atoms with Crippen molar-refractivity contribution in [2.75, 3.05) is 11.9 Å². The van der Waals surface area contributed by atoms with Gasteiger partial charge in [0.1, 0.15) is 28.0 Å². The van der Waals surface area contributed by atoms with Crippen LogP contribution in [0.25, 0.3) is 10.2 Å². The number of nitrogens with zero attached hydrogens (tertiary/aromatic N) is 2. The van der Waals surface area contributed by atoms with Crippen LogP contribution in [0.2, 0.25) is 0 Å². The Morgan fingerprint density at radius 3 is 2.81 bits per heavy atom. The van der Waals surface area contributed by atoms with Crippen LogP contribution in [0.3, 0.4) is 0 Å². The highest BCUT2D eigenvalue weighted by Crippen LogP contribution is 2.34. The predicted octanol–water partition coefficient (Wildman–Crippen LogP) is 3.77. The number of aromatic nitrogens is 2. The number of carboxylic acid groups (broad SMARTS) is 1. The summed E-state index contributed by atoms with van der Waals surface area (Å²) in [5.74, 6) is -0.473. The van der Waals surface area contributed by atoms with Crippen molar-refractivity contribution in [3.63, 3.8) is 0 Å². The zero-order valence-corrected chi connectivity index (χ0v) is 15.6. The SMILES string of the molecule is Cc1c(C(=O)OC2CCCCC2)sc2ncnc(NCCCC(=O)O)c12. The summed E-state index contributed by atoms with van der Waals surface area (Å²) < 4.78 is 5.69. The van der Waals surface area contributed by atoms with Gasteiger partial charge in [0.15, 0.2) is 0 Å². The number of esters is 1. The van der Waals surface area contributed by atoms with Gasteiger partial charge in [-0.05, 0) is 44.6 Å². The first kappa shape index (κ1) is 18.6. The number of fused-ring (bicyclic) bond motifs is 1. The minimum atomic E-state index is -0.820. The lowest BCUT2D eigenvalue weighted by Gasteiger charge is -2.21. The number of carboxylic acids is 1. The van der Waals surface area contributed by atoms with Crippen LogP contribution in [0.4, 0.5) is 5.82 Å². The maximum atomic E-state index is 12.6. The van der Waals surface area contributed by atoms with Crippen LogP contribution in [-0.4, -0.2) is 39.7 Å². The van der Waals surface area contributed by atoms with Crippen molar-refractivity contribution in [2.24, 2.45) is 0 Å². The summed E-state index contributed by atoms with van der Waals surface area (Å²) in [6.07, 6.45) is 7.37. The molecule has 2 N–H and O–H groups in total. The number of aryl methyl sites for hydroxylation is 1. The normalized spacial score (nSPS) is 15.1. The zero-order valence-electron chi connectivity index (χ0n) is 14.8. The van der Waals surface area contributed by atoms with E-state index in [-0.39, 0.29) is 18.5 Å². The van der Waals surface area contributed by atoms with E-state index in [0.717, 1.165) is 41.5 Å². The average molecular weight is 377 g/mol. The predicted molar refractivity (Wildman–Crippen MR) is 99.8 cm³/mol. The molecule has 0 atom stereocenters. The molecule has 0 radical (unpaired) electrons. The molecule has 0 amide bonds. The number of thiophene rings is 1. The maximum Gasteiger partial charge on any atom is 0.348 e. The van der Waals surface area contributed by atoms with E-state index in [2.05, 4.69) is 15.3 Å². The topological polar surface area (TPSA) is 101 Å². The van der Waals surface area contributed by atoms with Gasteiger partial charge in [-0.15, -0.1) is 11.3 Å². The Hall–Kier alpha value is -2.22. The van der Waals surface area contributed by atoms with Crippen molar-refractivity contribution in [1.29, 1.82) is 0 Å². The molecule has 26 heavy (non-hydrogen) atoms. The lowest BCUT2D eigenvalue weighted by molar-refractivity contribution is -0.137. The third kappa shape index (κ3) is 4.30. The number of carbonyl (C=O) groups excluding carboxylic acids is 1. The highest BCUT2D eigenvalue weighted by atomic mass is 32.1. The minimum absolute atomic E-state index is 0.0144. The van der Waals surface area contributed by atoms with Crippen molar-refractivity contribution < 1.29 is 19.4 Å². The summed E-state index contributed by atoms with van der Waals surface area (Å²) >= 11 is 1.32. The molecule has 8 heteroatoms. The molecule has 2 aromatic rings. The van der Waals surface area contributed by atoms with Crippen LogP contribution in [-0.2, 0) is 9.53 Å². The zero-order chi connectivity index (χ0) is 18.5. The highest BCUT2D eigenvalue weighted by molar-refractivity contribution is 7.20. The number of anilines is 1. The van der Waals surface area contributed by atoms with Crippen LogP contribution in [0.15, 0.2) is 6.33 Å². The van der Waals surface area contributed by atoms with E-state index < -0.39 is 5.97 Å². The molecule has 140 valence electrons. The van der Waals surface area contributed by atoms with Crippen LogP contribution >= 0.6 is 11.3 Å².